The van der Waals surface area contributed by atoms with Gasteiger partial charge < -0.3 is 10.6 Å². The van der Waals surface area contributed by atoms with Crippen molar-refractivity contribution in [3.8, 4) is 23.7 Å². The van der Waals surface area contributed by atoms with Crippen LogP contribution in [0.2, 0.25) is 0 Å². The zero-order valence-corrected chi connectivity index (χ0v) is 21.9. The van der Waals surface area contributed by atoms with Crippen LogP contribution in [0.3, 0.4) is 0 Å². The Kier molecular flexibility index (Phi) is 9.32. The molecule has 0 aliphatic rings. The van der Waals surface area contributed by atoms with Gasteiger partial charge in [0.1, 0.15) is 42.1 Å². The molecule has 0 spiro atoms. The first-order valence-electron chi connectivity index (χ1n) is 12.3. The fraction of sp³-hybridized carbons (Fsp3) is 0.133. The third kappa shape index (κ3) is 7.38. The quantitative estimate of drug-likeness (QED) is 0.0751. The van der Waals surface area contributed by atoms with Gasteiger partial charge in [-0.3, -0.25) is 15.0 Å². The zero-order valence-electron chi connectivity index (χ0n) is 21.9. The van der Waals surface area contributed by atoms with Crippen molar-refractivity contribution in [1.29, 1.82) is 5.26 Å². The van der Waals surface area contributed by atoms with Crippen molar-refractivity contribution in [2.24, 2.45) is 16.8 Å². The van der Waals surface area contributed by atoms with Crippen molar-refractivity contribution in [3.63, 3.8) is 0 Å². The summed E-state index contributed by atoms with van der Waals surface area (Å²) in [5.41, 5.74) is 1.03. The van der Waals surface area contributed by atoms with Crippen molar-refractivity contribution in [3.05, 3.63) is 124 Å². The van der Waals surface area contributed by atoms with Crippen LogP contribution in [0.1, 0.15) is 39.6 Å². The molecule has 0 saturated carbocycles. The predicted octanol–water partition coefficient (Wildman–Crippen LogP) is 4.56. The van der Waals surface area contributed by atoms with Gasteiger partial charge in [0, 0.05) is 36.1 Å². The Hall–Kier alpha value is -5.46. The van der Waals surface area contributed by atoms with Crippen molar-refractivity contribution in [1.82, 2.24) is 15.0 Å². The normalized spacial score (nSPS) is 11.8. The van der Waals surface area contributed by atoms with E-state index in [9.17, 15) is 8.78 Å². The van der Waals surface area contributed by atoms with Crippen LogP contribution in [-0.2, 0) is 12.5 Å². The average Bonchev–Trinajstić information content (AvgIpc) is 2.99. The van der Waals surface area contributed by atoms with Gasteiger partial charge in [-0.1, -0.05) is 17.9 Å². The summed E-state index contributed by atoms with van der Waals surface area (Å²) in [4.78, 5) is 8.03. The largest absolute Gasteiger partial charge is 0.487 e. The Labute approximate surface area is 238 Å². The lowest BCUT2D eigenvalue weighted by atomic mass is 9.89. The topological polar surface area (TPSA) is 126 Å². The molecule has 0 aliphatic carbocycles. The molecule has 0 aliphatic heterocycles. The summed E-state index contributed by atoms with van der Waals surface area (Å²) >= 11 is 0. The number of hydrazone groups is 1. The Morgan fingerprint density at radius 2 is 1.64 bits per heavy atom. The van der Waals surface area contributed by atoms with Crippen LogP contribution in [0.15, 0.2) is 84.2 Å². The van der Waals surface area contributed by atoms with Gasteiger partial charge in [-0.25, -0.2) is 14.6 Å². The average molecular weight is 574 g/mol. The van der Waals surface area contributed by atoms with E-state index in [0.717, 1.165) is 29.5 Å². The van der Waals surface area contributed by atoms with Gasteiger partial charge in [0.05, 0.1) is 17.2 Å². The molecular formula is C30H23F4N7O. The van der Waals surface area contributed by atoms with Crippen molar-refractivity contribution >= 4 is 6.34 Å². The number of nitrogens with zero attached hydrogens (tertiary/aromatic N) is 5. The second-order valence-electron chi connectivity index (χ2n) is 8.95. The minimum Gasteiger partial charge on any atom is -0.487 e. The van der Waals surface area contributed by atoms with E-state index in [4.69, 9.17) is 21.7 Å². The summed E-state index contributed by atoms with van der Waals surface area (Å²) in [5.74, 6) is 9.47. The fourth-order valence-electron chi connectivity index (χ4n) is 3.89. The number of benzene rings is 2. The van der Waals surface area contributed by atoms with Gasteiger partial charge in [-0.2, -0.15) is 19.1 Å². The van der Waals surface area contributed by atoms with Gasteiger partial charge in [0.2, 0.25) is 0 Å². The number of halogens is 4. The van der Waals surface area contributed by atoms with Crippen LogP contribution >= 0.6 is 0 Å². The summed E-state index contributed by atoms with van der Waals surface area (Å²) in [6.07, 6.45) is 3.55. The predicted molar refractivity (Wildman–Crippen MR) is 147 cm³/mol. The van der Waals surface area contributed by atoms with E-state index >= 15 is 8.78 Å². The second kappa shape index (κ2) is 13.3. The van der Waals surface area contributed by atoms with E-state index in [1.807, 2.05) is 6.07 Å². The first kappa shape index (κ1) is 29.5. The van der Waals surface area contributed by atoms with Crippen LogP contribution in [-0.4, -0.2) is 27.9 Å². The summed E-state index contributed by atoms with van der Waals surface area (Å²) < 4.78 is 65.0. The lowest BCUT2D eigenvalue weighted by molar-refractivity contribution is -0.0443. The minimum absolute atomic E-state index is 0.220. The van der Waals surface area contributed by atoms with Crippen LogP contribution < -0.4 is 16.4 Å². The molecule has 2 aromatic heterocycles. The van der Waals surface area contributed by atoms with Crippen LogP contribution in [0, 0.1) is 34.8 Å². The molecule has 2 heterocycles. The van der Waals surface area contributed by atoms with Crippen molar-refractivity contribution < 1.29 is 22.3 Å². The number of nitriles is 1. The molecule has 1 unspecified atom stereocenters. The molecule has 0 fully saturated rings. The Morgan fingerprint density at radius 3 is 2.26 bits per heavy atom. The van der Waals surface area contributed by atoms with Crippen LogP contribution in [0.4, 0.5) is 17.6 Å². The molecule has 4 aromatic rings. The molecule has 12 heteroatoms. The molecule has 0 radical (unpaired) electrons. The summed E-state index contributed by atoms with van der Waals surface area (Å²) in [5, 5.41) is 12.8. The van der Waals surface area contributed by atoms with E-state index in [2.05, 4.69) is 26.9 Å². The first-order valence-corrected chi connectivity index (χ1v) is 12.3. The molecule has 0 amide bonds. The zero-order chi connectivity index (χ0) is 30.1. The number of pyridine rings is 2. The molecule has 0 saturated heterocycles. The number of ether oxygens (including phenoxy) is 1. The van der Waals surface area contributed by atoms with E-state index in [0.29, 0.717) is 34.2 Å². The van der Waals surface area contributed by atoms with Gasteiger partial charge in [0.25, 0.3) is 5.92 Å². The van der Waals surface area contributed by atoms with Gasteiger partial charge in [0.15, 0.2) is 0 Å². The Bertz CT molecular complexity index is 1640. The number of nitrogens with two attached hydrogens (primary N) is 2. The highest BCUT2D eigenvalue weighted by atomic mass is 19.3. The molecule has 212 valence electrons. The third-order valence-electron chi connectivity index (χ3n) is 6.03. The van der Waals surface area contributed by atoms with E-state index in [1.54, 1.807) is 36.4 Å². The molecule has 4 N–H and O–H groups in total. The number of aromatic nitrogens is 2. The van der Waals surface area contributed by atoms with Crippen molar-refractivity contribution in [2.75, 3.05) is 6.54 Å². The number of rotatable bonds is 9. The number of hydrogen-bond acceptors (Lipinski definition) is 7. The van der Waals surface area contributed by atoms with Gasteiger partial charge >= 0.3 is 0 Å². The Morgan fingerprint density at radius 1 is 0.952 bits per heavy atom. The molecule has 1 atom stereocenters. The number of hydrazine groups is 1. The summed E-state index contributed by atoms with van der Waals surface area (Å²) in [7, 11) is 0. The first-order chi connectivity index (χ1) is 20.2. The maximum Gasteiger partial charge on any atom is 0.298 e. The molecule has 4 rings (SSSR count). The van der Waals surface area contributed by atoms with Gasteiger partial charge in [-0.05, 0) is 60.2 Å². The summed E-state index contributed by atoms with van der Waals surface area (Å²) in [6.45, 7) is -0.374. The number of hydrogen-bond donors (Lipinski definition) is 2. The van der Waals surface area contributed by atoms with Gasteiger partial charge in [-0.15, -0.1) is 0 Å². The van der Waals surface area contributed by atoms with Crippen LogP contribution in [0.25, 0.3) is 0 Å². The van der Waals surface area contributed by atoms with Crippen LogP contribution in [0.5, 0.6) is 5.75 Å². The highest BCUT2D eigenvalue weighted by Gasteiger charge is 2.45. The lowest BCUT2D eigenvalue weighted by Crippen LogP contribution is -2.40. The highest BCUT2D eigenvalue weighted by Crippen LogP contribution is 2.42. The van der Waals surface area contributed by atoms with Crippen molar-refractivity contribution in [2.45, 2.75) is 18.4 Å². The number of alkyl halides is 2. The maximum atomic E-state index is 15.7. The molecule has 2 aromatic carbocycles. The minimum atomic E-state index is -3.71. The van der Waals surface area contributed by atoms with E-state index in [-0.39, 0.29) is 6.61 Å². The molecular weight excluding hydrogens is 550 g/mol. The Balaban J connectivity index is 1.46. The lowest BCUT2D eigenvalue weighted by Gasteiger charge is -2.29. The SMILES string of the molecule is N#Cc1ccc(COc2ccc(C#Cc3ccc(C(F)(F)C(CN(N)/C=N\N)c4ccc(F)cc4F)nc3)cc2)nc1. The second-order valence-corrected chi connectivity index (χ2v) is 8.95. The van der Waals surface area contributed by atoms with E-state index < -0.39 is 41.3 Å². The fourth-order valence-corrected chi connectivity index (χ4v) is 3.89. The highest BCUT2D eigenvalue weighted by molar-refractivity contribution is 5.53. The maximum absolute atomic E-state index is 15.7. The standard InChI is InChI=1S/C30H23F4N7O/c31-23-7-11-26(28(32)13-23)27(17-41(37)19-40-36)30(33,34)29-12-6-21(15-39-29)2-1-20-4-9-25(10-5-20)42-18-24-8-3-22(14-35)16-38-24/h3-13,15-16,19,27H,17-18,36-37H2/b40-19-. The smallest absolute Gasteiger partial charge is 0.298 e. The molecule has 42 heavy (non-hydrogen) atoms. The third-order valence-corrected chi connectivity index (χ3v) is 6.03. The monoisotopic (exact) mass is 573 g/mol. The summed E-state index contributed by atoms with van der Waals surface area (Å²) in [6, 6.07) is 17.1. The molecule has 0 bridgehead atoms. The van der Waals surface area contributed by atoms with E-state index in [1.165, 1.54) is 18.5 Å². The molecule has 8 nitrogen and oxygen atoms in total.